The Morgan fingerprint density at radius 1 is 1.55 bits per heavy atom. The van der Waals surface area contributed by atoms with Crippen LogP contribution in [-0.4, -0.2) is 26.2 Å². The molecule has 6 heteroatoms. The summed E-state index contributed by atoms with van der Waals surface area (Å²) in [7, 11) is 1.49. The lowest BCUT2D eigenvalue weighted by Gasteiger charge is -2.12. The summed E-state index contributed by atoms with van der Waals surface area (Å²) in [5.41, 5.74) is 0.528. The molecule has 0 unspecified atom stereocenters. The summed E-state index contributed by atoms with van der Waals surface area (Å²) < 4.78 is 10.6. The maximum absolute atomic E-state index is 11.8. The van der Waals surface area contributed by atoms with Crippen molar-refractivity contribution in [2.45, 2.75) is 6.92 Å². The number of nitriles is 1. The van der Waals surface area contributed by atoms with E-state index in [0.717, 1.165) is 0 Å². The van der Waals surface area contributed by atoms with Crippen LogP contribution in [0, 0.1) is 11.3 Å². The predicted octanol–water partition coefficient (Wildman–Crippen LogP) is 2.96. The maximum Gasteiger partial charge on any atom is 0.262 e. The minimum absolute atomic E-state index is 0.0378. The molecule has 0 radical (unpaired) electrons. The van der Waals surface area contributed by atoms with Crippen molar-refractivity contribution in [2.75, 3.05) is 20.3 Å². The Kier molecular flexibility index (Phi) is 7.00. The van der Waals surface area contributed by atoms with E-state index in [9.17, 15) is 4.79 Å². The van der Waals surface area contributed by atoms with E-state index < -0.39 is 5.91 Å². The third-order valence-corrected chi connectivity index (χ3v) is 2.90. The average molecular weight is 321 g/mol. The van der Waals surface area contributed by atoms with Gasteiger partial charge in [0.05, 0.1) is 18.7 Å². The number of benzene rings is 1. The van der Waals surface area contributed by atoms with Crippen LogP contribution in [0.5, 0.6) is 11.5 Å². The molecule has 1 aromatic carbocycles. The first kappa shape index (κ1) is 17.6. The van der Waals surface area contributed by atoms with Crippen molar-refractivity contribution in [3.8, 4) is 17.6 Å². The number of carbonyl (C=O) groups is 1. The molecule has 0 saturated carbocycles. The second-order valence-electron chi connectivity index (χ2n) is 4.14. The van der Waals surface area contributed by atoms with Crippen LogP contribution in [0.1, 0.15) is 12.5 Å². The Bertz CT molecular complexity index is 633. The molecule has 0 aliphatic rings. The quantitative estimate of drug-likeness (QED) is 0.476. The Balaban J connectivity index is 3.18. The van der Waals surface area contributed by atoms with Gasteiger partial charge in [-0.3, -0.25) is 4.79 Å². The Hall–Kier alpha value is -2.45. The highest BCUT2D eigenvalue weighted by atomic mass is 35.5. The summed E-state index contributed by atoms with van der Waals surface area (Å²) in [6.07, 6.45) is 2.96. The molecule has 1 rings (SSSR count). The number of halogens is 1. The molecular weight excluding hydrogens is 304 g/mol. The zero-order valence-electron chi connectivity index (χ0n) is 12.5. The zero-order chi connectivity index (χ0) is 16.5. The van der Waals surface area contributed by atoms with Crippen molar-refractivity contribution in [3.63, 3.8) is 0 Å². The molecule has 1 amide bonds. The van der Waals surface area contributed by atoms with Crippen molar-refractivity contribution >= 4 is 23.6 Å². The fourth-order valence-electron chi connectivity index (χ4n) is 1.68. The lowest BCUT2D eigenvalue weighted by molar-refractivity contribution is -0.116. The van der Waals surface area contributed by atoms with Crippen LogP contribution in [-0.2, 0) is 4.79 Å². The standard InChI is InChI=1S/C16H17ClN2O3/c1-4-6-19-16(20)12(10-18)7-11-8-13(17)15(22-5-2)14(9-11)21-3/h4,7-9H,1,5-6H2,2-3H3,(H,19,20)/b12-7+. The van der Waals surface area contributed by atoms with E-state index in [2.05, 4.69) is 11.9 Å². The van der Waals surface area contributed by atoms with Gasteiger partial charge in [0.1, 0.15) is 11.6 Å². The number of rotatable bonds is 7. The molecule has 22 heavy (non-hydrogen) atoms. The predicted molar refractivity (Wildman–Crippen MR) is 86.0 cm³/mol. The topological polar surface area (TPSA) is 71.4 Å². The molecular formula is C16H17ClN2O3. The van der Waals surface area contributed by atoms with Gasteiger partial charge in [0.25, 0.3) is 5.91 Å². The minimum atomic E-state index is -0.480. The Morgan fingerprint density at radius 3 is 2.82 bits per heavy atom. The van der Waals surface area contributed by atoms with Crippen LogP contribution in [0.3, 0.4) is 0 Å². The van der Waals surface area contributed by atoms with Gasteiger partial charge < -0.3 is 14.8 Å². The number of carbonyl (C=O) groups excluding carboxylic acids is 1. The van der Waals surface area contributed by atoms with E-state index in [1.54, 1.807) is 12.1 Å². The second kappa shape index (κ2) is 8.75. The van der Waals surface area contributed by atoms with E-state index in [1.807, 2.05) is 13.0 Å². The SMILES string of the molecule is C=CCNC(=O)/C(C#N)=C/c1cc(Cl)c(OCC)c(OC)c1. The van der Waals surface area contributed by atoms with E-state index in [0.29, 0.717) is 28.7 Å². The van der Waals surface area contributed by atoms with Gasteiger partial charge in [-0.25, -0.2) is 0 Å². The highest BCUT2D eigenvalue weighted by Gasteiger charge is 2.13. The van der Waals surface area contributed by atoms with Gasteiger partial charge in [0.2, 0.25) is 0 Å². The Morgan fingerprint density at radius 2 is 2.27 bits per heavy atom. The summed E-state index contributed by atoms with van der Waals surface area (Å²) in [6, 6.07) is 5.11. The van der Waals surface area contributed by atoms with Crippen LogP contribution in [0.2, 0.25) is 5.02 Å². The lowest BCUT2D eigenvalue weighted by Crippen LogP contribution is -2.24. The van der Waals surface area contributed by atoms with Crippen molar-refractivity contribution in [1.82, 2.24) is 5.32 Å². The van der Waals surface area contributed by atoms with Gasteiger partial charge in [0, 0.05) is 6.54 Å². The number of hydrogen-bond donors (Lipinski definition) is 1. The number of hydrogen-bond acceptors (Lipinski definition) is 4. The number of amides is 1. The van der Waals surface area contributed by atoms with Gasteiger partial charge in [-0.15, -0.1) is 6.58 Å². The zero-order valence-corrected chi connectivity index (χ0v) is 13.2. The van der Waals surface area contributed by atoms with Crippen LogP contribution in [0.25, 0.3) is 6.08 Å². The molecule has 5 nitrogen and oxygen atoms in total. The molecule has 0 aliphatic heterocycles. The molecule has 1 aromatic rings. The molecule has 0 heterocycles. The van der Waals surface area contributed by atoms with Crippen LogP contribution < -0.4 is 14.8 Å². The normalized spacial score (nSPS) is 10.5. The molecule has 0 aliphatic carbocycles. The lowest BCUT2D eigenvalue weighted by atomic mass is 10.1. The van der Waals surface area contributed by atoms with Gasteiger partial charge in [-0.2, -0.15) is 5.26 Å². The van der Waals surface area contributed by atoms with Crippen molar-refractivity contribution in [1.29, 1.82) is 5.26 Å². The van der Waals surface area contributed by atoms with Crippen LogP contribution >= 0.6 is 11.6 Å². The summed E-state index contributed by atoms with van der Waals surface area (Å²) in [5.74, 6) is 0.384. The highest BCUT2D eigenvalue weighted by Crippen LogP contribution is 2.36. The third-order valence-electron chi connectivity index (χ3n) is 2.62. The van der Waals surface area contributed by atoms with E-state index in [1.165, 1.54) is 19.3 Å². The molecule has 0 aromatic heterocycles. The van der Waals surface area contributed by atoms with Gasteiger partial charge in [-0.1, -0.05) is 17.7 Å². The molecule has 116 valence electrons. The van der Waals surface area contributed by atoms with Crippen LogP contribution in [0.15, 0.2) is 30.4 Å². The molecule has 0 saturated heterocycles. The van der Waals surface area contributed by atoms with E-state index in [-0.39, 0.29) is 12.1 Å². The molecule has 0 bridgehead atoms. The van der Waals surface area contributed by atoms with Gasteiger partial charge >= 0.3 is 0 Å². The monoisotopic (exact) mass is 320 g/mol. The summed E-state index contributed by atoms with van der Waals surface area (Å²) >= 11 is 6.15. The molecule has 0 atom stereocenters. The fourth-order valence-corrected chi connectivity index (χ4v) is 1.96. The van der Waals surface area contributed by atoms with Crippen molar-refractivity contribution in [3.05, 3.63) is 40.9 Å². The van der Waals surface area contributed by atoms with E-state index >= 15 is 0 Å². The maximum atomic E-state index is 11.8. The number of ether oxygens (including phenoxy) is 2. The van der Waals surface area contributed by atoms with Gasteiger partial charge in [0.15, 0.2) is 11.5 Å². The second-order valence-corrected chi connectivity index (χ2v) is 4.54. The number of methoxy groups -OCH3 is 1. The largest absolute Gasteiger partial charge is 0.493 e. The highest BCUT2D eigenvalue weighted by molar-refractivity contribution is 6.32. The number of nitrogens with one attached hydrogen (secondary N) is 1. The first-order valence-electron chi connectivity index (χ1n) is 6.58. The first-order valence-corrected chi connectivity index (χ1v) is 6.96. The summed E-state index contributed by atoms with van der Waals surface area (Å²) in [4.78, 5) is 11.8. The fraction of sp³-hybridized carbons (Fsp3) is 0.250. The third kappa shape index (κ3) is 4.54. The average Bonchev–Trinajstić information content (AvgIpc) is 2.52. The summed E-state index contributed by atoms with van der Waals surface area (Å²) in [5, 5.41) is 12.0. The van der Waals surface area contributed by atoms with E-state index in [4.69, 9.17) is 26.3 Å². The molecule has 1 N–H and O–H groups in total. The molecule has 0 fully saturated rings. The van der Waals surface area contributed by atoms with Gasteiger partial charge in [-0.05, 0) is 30.7 Å². The van der Waals surface area contributed by atoms with Crippen LogP contribution in [0.4, 0.5) is 0 Å². The van der Waals surface area contributed by atoms with Crippen molar-refractivity contribution < 1.29 is 14.3 Å². The van der Waals surface area contributed by atoms with Crippen molar-refractivity contribution in [2.24, 2.45) is 0 Å². The number of nitrogens with zero attached hydrogens (tertiary/aromatic N) is 1. The summed E-state index contributed by atoms with van der Waals surface area (Å²) in [6.45, 7) is 6.06. The Labute approximate surface area is 134 Å². The smallest absolute Gasteiger partial charge is 0.262 e. The minimum Gasteiger partial charge on any atom is -0.493 e. The first-order chi connectivity index (χ1) is 10.6. The molecule has 0 spiro atoms.